The zero-order valence-electron chi connectivity index (χ0n) is 9.01. The fourth-order valence-electron chi connectivity index (χ4n) is 1.26. The second-order valence-electron chi connectivity index (χ2n) is 3.36. The predicted octanol–water partition coefficient (Wildman–Crippen LogP) is 2.47. The summed E-state index contributed by atoms with van der Waals surface area (Å²) in [6.45, 7) is 1.75. The number of carboxylic acid groups (broad SMARTS) is 1. The standard InChI is InChI=1S/C10H11IN2O4/c1-2-8(10(14)15)12-9-4-3-6(13(16)17)5-7(9)11/h3-5,8,12H,2H2,1H3,(H,14,15). The van der Waals surface area contributed by atoms with E-state index in [0.717, 1.165) is 0 Å². The van der Waals surface area contributed by atoms with Crippen molar-refractivity contribution in [1.82, 2.24) is 0 Å². The molecule has 1 rings (SSSR count). The first-order valence-electron chi connectivity index (χ1n) is 4.89. The highest BCUT2D eigenvalue weighted by Crippen LogP contribution is 2.24. The zero-order valence-corrected chi connectivity index (χ0v) is 11.2. The number of aliphatic carboxylic acids is 1. The van der Waals surface area contributed by atoms with Gasteiger partial charge in [-0.1, -0.05) is 6.92 Å². The molecule has 0 saturated heterocycles. The lowest BCUT2D eigenvalue weighted by Gasteiger charge is -2.14. The van der Waals surface area contributed by atoms with Gasteiger partial charge in [0, 0.05) is 21.4 Å². The van der Waals surface area contributed by atoms with Gasteiger partial charge in [-0.05, 0) is 35.1 Å². The number of carboxylic acids is 1. The molecule has 0 radical (unpaired) electrons. The Bertz CT molecular complexity index is 450. The Kier molecular flexibility index (Phi) is 4.67. The Morgan fingerprint density at radius 2 is 2.29 bits per heavy atom. The SMILES string of the molecule is CCC(Nc1ccc([N+](=O)[O-])cc1I)C(=O)O. The van der Waals surface area contributed by atoms with Gasteiger partial charge in [0.2, 0.25) is 0 Å². The van der Waals surface area contributed by atoms with Crippen LogP contribution in [-0.4, -0.2) is 22.0 Å². The summed E-state index contributed by atoms with van der Waals surface area (Å²) in [6.07, 6.45) is 0.433. The molecule has 1 aromatic rings. The number of hydrogen-bond acceptors (Lipinski definition) is 4. The smallest absolute Gasteiger partial charge is 0.326 e. The maximum atomic E-state index is 10.8. The zero-order chi connectivity index (χ0) is 13.0. The number of carbonyl (C=O) groups is 1. The minimum absolute atomic E-state index is 0.0108. The van der Waals surface area contributed by atoms with Gasteiger partial charge < -0.3 is 10.4 Å². The molecule has 1 aromatic carbocycles. The van der Waals surface area contributed by atoms with Crippen LogP contribution in [0.5, 0.6) is 0 Å². The van der Waals surface area contributed by atoms with Crippen molar-refractivity contribution in [1.29, 1.82) is 0 Å². The molecule has 1 unspecified atom stereocenters. The van der Waals surface area contributed by atoms with E-state index in [2.05, 4.69) is 5.32 Å². The van der Waals surface area contributed by atoms with E-state index in [1.54, 1.807) is 6.92 Å². The molecule has 0 saturated carbocycles. The number of anilines is 1. The maximum Gasteiger partial charge on any atom is 0.326 e. The first-order chi connectivity index (χ1) is 7.95. The number of benzene rings is 1. The first kappa shape index (κ1) is 13.7. The van der Waals surface area contributed by atoms with Gasteiger partial charge in [-0.3, -0.25) is 10.1 Å². The third-order valence-electron chi connectivity index (χ3n) is 2.20. The maximum absolute atomic E-state index is 10.8. The lowest BCUT2D eigenvalue weighted by Crippen LogP contribution is -2.28. The number of nitro benzene ring substituents is 1. The van der Waals surface area contributed by atoms with E-state index in [4.69, 9.17) is 5.11 Å². The molecule has 0 aliphatic carbocycles. The van der Waals surface area contributed by atoms with E-state index >= 15 is 0 Å². The summed E-state index contributed by atoms with van der Waals surface area (Å²) in [5, 5.41) is 22.3. The van der Waals surface area contributed by atoms with Gasteiger partial charge in [-0.15, -0.1) is 0 Å². The van der Waals surface area contributed by atoms with Gasteiger partial charge in [-0.25, -0.2) is 4.79 Å². The van der Waals surface area contributed by atoms with Crippen LogP contribution in [0.1, 0.15) is 13.3 Å². The molecule has 92 valence electrons. The van der Waals surface area contributed by atoms with E-state index < -0.39 is 16.9 Å². The molecule has 7 heteroatoms. The molecular formula is C10H11IN2O4. The molecule has 0 aromatic heterocycles. The van der Waals surface area contributed by atoms with E-state index in [-0.39, 0.29) is 5.69 Å². The third kappa shape index (κ3) is 3.55. The molecule has 2 N–H and O–H groups in total. The Morgan fingerprint density at radius 3 is 2.71 bits per heavy atom. The van der Waals surface area contributed by atoms with Crippen LogP contribution in [0.25, 0.3) is 0 Å². The van der Waals surface area contributed by atoms with Gasteiger partial charge in [0.15, 0.2) is 0 Å². The van der Waals surface area contributed by atoms with E-state index in [0.29, 0.717) is 15.7 Å². The molecular weight excluding hydrogens is 339 g/mol. The largest absolute Gasteiger partial charge is 0.480 e. The monoisotopic (exact) mass is 350 g/mol. The van der Waals surface area contributed by atoms with Crippen molar-refractivity contribution in [2.75, 3.05) is 5.32 Å². The quantitative estimate of drug-likeness (QED) is 0.484. The van der Waals surface area contributed by atoms with Crippen molar-refractivity contribution in [2.24, 2.45) is 0 Å². The normalized spacial score (nSPS) is 11.9. The number of nitrogens with zero attached hydrogens (tertiary/aromatic N) is 1. The lowest BCUT2D eigenvalue weighted by molar-refractivity contribution is -0.384. The molecule has 0 amide bonds. The summed E-state index contributed by atoms with van der Waals surface area (Å²) in [4.78, 5) is 20.9. The van der Waals surface area contributed by atoms with Crippen LogP contribution in [0.4, 0.5) is 11.4 Å². The fraction of sp³-hybridized carbons (Fsp3) is 0.300. The molecule has 0 aliphatic rings. The van der Waals surface area contributed by atoms with Crippen molar-refractivity contribution >= 4 is 39.9 Å². The summed E-state index contributed by atoms with van der Waals surface area (Å²) < 4.78 is 0.622. The van der Waals surface area contributed by atoms with Crippen LogP contribution < -0.4 is 5.32 Å². The van der Waals surface area contributed by atoms with Gasteiger partial charge in [0.1, 0.15) is 6.04 Å². The van der Waals surface area contributed by atoms with Crippen molar-refractivity contribution < 1.29 is 14.8 Å². The minimum atomic E-state index is -0.943. The minimum Gasteiger partial charge on any atom is -0.480 e. The summed E-state index contributed by atoms with van der Waals surface area (Å²) in [6, 6.07) is 3.58. The summed E-state index contributed by atoms with van der Waals surface area (Å²) in [7, 11) is 0. The number of rotatable bonds is 5. The molecule has 0 aliphatic heterocycles. The topological polar surface area (TPSA) is 92.5 Å². The Hall–Kier alpha value is -1.38. The van der Waals surface area contributed by atoms with Crippen LogP contribution in [0.2, 0.25) is 0 Å². The predicted molar refractivity (Wildman–Crippen MR) is 71.2 cm³/mol. The first-order valence-corrected chi connectivity index (χ1v) is 5.96. The molecule has 0 heterocycles. The van der Waals surface area contributed by atoms with Crippen molar-refractivity contribution in [3.05, 3.63) is 31.9 Å². The number of halogens is 1. The van der Waals surface area contributed by atoms with Crippen LogP contribution in [0.15, 0.2) is 18.2 Å². The van der Waals surface area contributed by atoms with Gasteiger partial charge >= 0.3 is 5.97 Å². The molecule has 6 nitrogen and oxygen atoms in total. The molecule has 0 spiro atoms. The number of non-ortho nitro benzene ring substituents is 1. The Balaban J connectivity index is 2.93. The summed E-state index contributed by atoms with van der Waals surface area (Å²) in [5.74, 6) is -0.943. The van der Waals surface area contributed by atoms with Crippen molar-refractivity contribution in [3.8, 4) is 0 Å². The molecule has 0 fully saturated rings. The Morgan fingerprint density at radius 1 is 1.65 bits per heavy atom. The number of hydrogen-bond donors (Lipinski definition) is 2. The van der Waals surface area contributed by atoms with E-state index in [1.165, 1.54) is 18.2 Å². The average Bonchev–Trinajstić information content (AvgIpc) is 2.26. The lowest BCUT2D eigenvalue weighted by atomic mass is 10.2. The molecule has 1 atom stereocenters. The highest BCUT2D eigenvalue weighted by atomic mass is 127. The van der Waals surface area contributed by atoms with Gasteiger partial charge in [-0.2, -0.15) is 0 Å². The van der Waals surface area contributed by atoms with Crippen LogP contribution >= 0.6 is 22.6 Å². The second-order valence-corrected chi connectivity index (χ2v) is 4.53. The van der Waals surface area contributed by atoms with E-state index in [1.807, 2.05) is 22.6 Å². The highest BCUT2D eigenvalue weighted by molar-refractivity contribution is 14.1. The second kappa shape index (κ2) is 5.80. The molecule has 0 bridgehead atoms. The summed E-state index contributed by atoms with van der Waals surface area (Å²) >= 11 is 1.93. The van der Waals surface area contributed by atoms with Crippen LogP contribution in [-0.2, 0) is 4.79 Å². The fourth-order valence-corrected chi connectivity index (χ4v) is 1.92. The highest BCUT2D eigenvalue weighted by Gasteiger charge is 2.16. The van der Waals surface area contributed by atoms with Gasteiger partial charge in [0.25, 0.3) is 5.69 Å². The van der Waals surface area contributed by atoms with Crippen molar-refractivity contribution in [2.45, 2.75) is 19.4 Å². The van der Waals surface area contributed by atoms with Crippen molar-refractivity contribution in [3.63, 3.8) is 0 Å². The number of nitrogens with one attached hydrogen (secondary N) is 1. The van der Waals surface area contributed by atoms with Gasteiger partial charge in [0.05, 0.1) is 4.92 Å². The van der Waals surface area contributed by atoms with Crippen LogP contribution in [0, 0.1) is 13.7 Å². The molecule has 17 heavy (non-hydrogen) atoms. The third-order valence-corrected chi connectivity index (χ3v) is 3.09. The summed E-state index contributed by atoms with van der Waals surface area (Å²) in [5.41, 5.74) is 0.578. The van der Waals surface area contributed by atoms with E-state index in [9.17, 15) is 14.9 Å². The average molecular weight is 350 g/mol. The van der Waals surface area contributed by atoms with Crippen LogP contribution in [0.3, 0.4) is 0 Å². The Labute approximate surface area is 111 Å². The number of nitro groups is 1.